The molecule has 0 bridgehead atoms. The maximum Gasteiger partial charge on any atom is 0.409 e. The van der Waals surface area contributed by atoms with Gasteiger partial charge in [0.1, 0.15) is 6.61 Å². The van der Waals surface area contributed by atoms with Gasteiger partial charge in [0, 0.05) is 26.1 Å². The second kappa shape index (κ2) is 6.06. The second-order valence-electron chi connectivity index (χ2n) is 5.33. The lowest BCUT2D eigenvalue weighted by Crippen LogP contribution is -2.34. The normalized spacial score (nSPS) is 15.9. The van der Waals surface area contributed by atoms with Gasteiger partial charge >= 0.3 is 6.09 Å². The summed E-state index contributed by atoms with van der Waals surface area (Å²) in [5, 5.41) is 0. The monoisotopic (exact) mass is 263 g/mol. The summed E-state index contributed by atoms with van der Waals surface area (Å²) in [5.74, 6) is 0. The van der Waals surface area contributed by atoms with E-state index in [0.29, 0.717) is 19.8 Å². The van der Waals surface area contributed by atoms with Crippen LogP contribution in [-0.2, 0) is 16.1 Å². The zero-order valence-electron chi connectivity index (χ0n) is 11.6. The molecular weight excluding hydrogens is 242 g/mol. The van der Waals surface area contributed by atoms with E-state index < -0.39 is 0 Å². The number of ether oxygens (including phenoxy) is 2. The number of hydrogen-bond donors (Lipinski definition) is 0. The summed E-state index contributed by atoms with van der Waals surface area (Å²) in [7, 11) is 3.48. The molecule has 0 heterocycles. The minimum Gasteiger partial charge on any atom is -0.445 e. The van der Waals surface area contributed by atoms with Crippen LogP contribution in [0.1, 0.15) is 18.4 Å². The van der Waals surface area contributed by atoms with E-state index in [2.05, 4.69) is 0 Å². The number of carbonyl (C=O) groups excluding carboxylic acids is 1. The smallest absolute Gasteiger partial charge is 0.409 e. The number of benzene rings is 1. The lowest BCUT2D eigenvalue weighted by molar-refractivity contribution is 0.0810. The molecule has 0 radical (unpaired) electrons. The van der Waals surface area contributed by atoms with E-state index in [-0.39, 0.29) is 11.5 Å². The molecule has 0 unspecified atom stereocenters. The average Bonchev–Trinajstić information content (AvgIpc) is 3.17. The molecule has 0 aliphatic heterocycles. The Morgan fingerprint density at radius 1 is 1.32 bits per heavy atom. The molecule has 19 heavy (non-hydrogen) atoms. The maximum absolute atomic E-state index is 11.9. The Labute approximate surface area is 114 Å². The van der Waals surface area contributed by atoms with Crippen molar-refractivity contribution in [3.8, 4) is 0 Å². The molecule has 1 aromatic carbocycles. The summed E-state index contributed by atoms with van der Waals surface area (Å²) in [5.41, 5.74) is 1.16. The van der Waals surface area contributed by atoms with Gasteiger partial charge in [0.2, 0.25) is 0 Å². The van der Waals surface area contributed by atoms with E-state index in [1.165, 1.54) is 0 Å². The Morgan fingerprint density at radius 3 is 2.58 bits per heavy atom. The number of carbonyl (C=O) groups is 1. The molecule has 4 heteroatoms. The molecule has 1 aliphatic carbocycles. The molecule has 1 aliphatic rings. The van der Waals surface area contributed by atoms with Gasteiger partial charge in [0.05, 0.1) is 6.61 Å². The van der Waals surface area contributed by atoms with Gasteiger partial charge in [-0.05, 0) is 18.4 Å². The molecule has 1 saturated carbocycles. The first-order valence-corrected chi connectivity index (χ1v) is 6.56. The minimum atomic E-state index is -0.272. The standard InChI is InChI=1S/C15H21NO3/c1-16(11-15(8-9-15)12-18-2)14(17)19-10-13-6-4-3-5-7-13/h3-7H,8-12H2,1-2H3. The molecular formula is C15H21NO3. The molecule has 0 N–H and O–H groups in total. The van der Waals surface area contributed by atoms with Gasteiger partial charge in [-0.15, -0.1) is 0 Å². The summed E-state index contributed by atoms with van der Waals surface area (Å²) >= 11 is 0. The Kier molecular flexibility index (Phi) is 4.43. The molecule has 0 saturated heterocycles. The van der Waals surface area contributed by atoms with Crippen LogP contribution in [0.4, 0.5) is 4.79 Å². The fourth-order valence-corrected chi connectivity index (χ4v) is 2.23. The lowest BCUT2D eigenvalue weighted by Gasteiger charge is -2.22. The van der Waals surface area contributed by atoms with Gasteiger partial charge in [-0.3, -0.25) is 0 Å². The first-order chi connectivity index (χ1) is 9.15. The molecule has 0 spiro atoms. The number of nitrogens with zero attached hydrogens (tertiary/aromatic N) is 1. The van der Waals surface area contributed by atoms with Crippen LogP contribution in [0.3, 0.4) is 0 Å². The van der Waals surface area contributed by atoms with Crippen molar-refractivity contribution in [3.05, 3.63) is 35.9 Å². The van der Waals surface area contributed by atoms with Gasteiger partial charge in [-0.2, -0.15) is 0 Å². The van der Waals surface area contributed by atoms with Crippen molar-refractivity contribution in [1.82, 2.24) is 4.90 Å². The highest BCUT2D eigenvalue weighted by Crippen LogP contribution is 2.46. The zero-order chi connectivity index (χ0) is 13.7. The highest BCUT2D eigenvalue weighted by atomic mass is 16.6. The minimum absolute atomic E-state index is 0.162. The van der Waals surface area contributed by atoms with E-state index in [9.17, 15) is 4.79 Å². The predicted molar refractivity (Wildman–Crippen MR) is 72.8 cm³/mol. The van der Waals surface area contributed by atoms with E-state index in [1.54, 1.807) is 19.1 Å². The van der Waals surface area contributed by atoms with Gasteiger partial charge in [0.25, 0.3) is 0 Å². The van der Waals surface area contributed by atoms with Crippen LogP contribution in [0.15, 0.2) is 30.3 Å². The van der Waals surface area contributed by atoms with Crippen molar-refractivity contribution in [2.45, 2.75) is 19.4 Å². The first-order valence-electron chi connectivity index (χ1n) is 6.56. The summed E-state index contributed by atoms with van der Waals surface area (Å²) in [6, 6.07) is 9.70. The van der Waals surface area contributed by atoms with E-state index >= 15 is 0 Å². The van der Waals surface area contributed by atoms with Gasteiger partial charge in [-0.25, -0.2) is 4.79 Å². The van der Waals surface area contributed by atoms with Crippen LogP contribution < -0.4 is 0 Å². The largest absolute Gasteiger partial charge is 0.445 e. The topological polar surface area (TPSA) is 38.8 Å². The van der Waals surface area contributed by atoms with Gasteiger partial charge in [-0.1, -0.05) is 30.3 Å². The van der Waals surface area contributed by atoms with Crippen LogP contribution in [0.25, 0.3) is 0 Å². The summed E-state index contributed by atoms with van der Waals surface area (Å²) in [6.45, 7) is 1.74. The first kappa shape index (κ1) is 13.9. The molecule has 1 aromatic rings. The highest BCUT2D eigenvalue weighted by molar-refractivity contribution is 5.67. The summed E-state index contributed by atoms with van der Waals surface area (Å²) in [4.78, 5) is 13.5. The third-order valence-corrected chi connectivity index (χ3v) is 3.50. The molecule has 2 rings (SSSR count). The lowest BCUT2D eigenvalue weighted by atomic mass is 10.1. The number of hydrogen-bond acceptors (Lipinski definition) is 3. The van der Waals surface area contributed by atoms with E-state index in [1.807, 2.05) is 30.3 Å². The second-order valence-corrected chi connectivity index (χ2v) is 5.33. The maximum atomic E-state index is 11.9. The highest BCUT2D eigenvalue weighted by Gasteiger charge is 2.44. The van der Waals surface area contributed by atoms with Crippen molar-refractivity contribution < 1.29 is 14.3 Å². The third kappa shape index (κ3) is 3.96. The summed E-state index contributed by atoms with van der Waals surface area (Å²) < 4.78 is 10.5. The average molecular weight is 263 g/mol. The number of rotatable bonds is 6. The van der Waals surface area contributed by atoms with Crippen LogP contribution in [0, 0.1) is 5.41 Å². The van der Waals surface area contributed by atoms with E-state index in [0.717, 1.165) is 18.4 Å². The van der Waals surface area contributed by atoms with Crippen molar-refractivity contribution >= 4 is 6.09 Å². The summed E-state index contributed by atoms with van der Waals surface area (Å²) in [6.07, 6.45) is 1.97. The molecule has 0 aromatic heterocycles. The molecule has 104 valence electrons. The molecule has 4 nitrogen and oxygen atoms in total. The Hall–Kier alpha value is -1.55. The van der Waals surface area contributed by atoms with Crippen LogP contribution in [0.5, 0.6) is 0 Å². The number of amides is 1. The fourth-order valence-electron chi connectivity index (χ4n) is 2.23. The predicted octanol–water partition coefficient (Wildman–Crippen LogP) is 2.68. The van der Waals surface area contributed by atoms with Crippen LogP contribution >= 0.6 is 0 Å². The SMILES string of the molecule is COCC1(CN(C)C(=O)OCc2ccccc2)CC1. The van der Waals surface area contributed by atoms with Crippen molar-refractivity contribution in [3.63, 3.8) is 0 Å². The molecule has 0 atom stereocenters. The van der Waals surface area contributed by atoms with Crippen molar-refractivity contribution in [2.24, 2.45) is 5.41 Å². The van der Waals surface area contributed by atoms with Crippen molar-refractivity contribution in [2.75, 3.05) is 27.3 Å². The van der Waals surface area contributed by atoms with Crippen LogP contribution in [-0.4, -0.2) is 38.3 Å². The third-order valence-electron chi connectivity index (χ3n) is 3.50. The Morgan fingerprint density at radius 2 is 2.00 bits per heavy atom. The van der Waals surface area contributed by atoms with Crippen molar-refractivity contribution in [1.29, 1.82) is 0 Å². The van der Waals surface area contributed by atoms with Crippen LogP contribution in [0.2, 0.25) is 0 Å². The van der Waals surface area contributed by atoms with Gasteiger partial charge < -0.3 is 14.4 Å². The Balaban J connectivity index is 1.77. The Bertz CT molecular complexity index is 415. The zero-order valence-corrected chi connectivity index (χ0v) is 11.6. The quantitative estimate of drug-likeness (QED) is 0.792. The number of methoxy groups -OCH3 is 1. The molecule has 1 fully saturated rings. The van der Waals surface area contributed by atoms with E-state index in [4.69, 9.17) is 9.47 Å². The fraction of sp³-hybridized carbons (Fsp3) is 0.533. The van der Waals surface area contributed by atoms with Gasteiger partial charge in [0.15, 0.2) is 0 Å². The molecule has 1 amide bonds.